The van der Waals surface area contributed by atoms with Gasteiger partial charge in [-0.2, -0.15) is 22.4 Å². The molecule has 0 saturated carbocycles. The molecule has 2 atom stereocenters. The number of aromatic nitrogens is 4. The Bertz CT molecular complexity index is 1850. The molecule has 2 N–H and O–H groups in total. The lowest BCUT2D eigenvalue weighted by atomic mass is 10.1. The maximum Gasteiger partial charge on any atom is 0.416 e. The van der Waals surface area contributed by atoms with Crippen LogP contribution in [0.2, 0.25) is 0 Å². The van der Waals surface area contributed by atoms with Crippen molar-refractivity contribution in [1.29, 1.82) is 0 Å². The summed E-state index contributed by atoms with van der Waals surface area (Å²) in [5.74, 6) is -1.87. The number of alkyl halides is 3. The summed E-state index contributed by atoms with van der Waals surface area (Å²) < 4.78 is 107. The summed E-state index contributed by atoms with van der Waals surface area (Å²) in [4.78, 5) is 9.99. The third-order valence-corrected chi connectivity index (χ3v) is 9.22. The van der Waals surface area contributed by atoms with E-state index in [1.807, 2.05) is 4.83 Å². The Labute approximate surface area is 241 Å². The normalized spacial score (nSPS) is 13.8. The molecule has 0 radical (unpaired) electrons. The number of hydrazine groups is 1. The highest BCUT2D eigenvalue weighted by Crippen LogP contribution is 2.39. The standard InChI is InChI=1S/C24H18F4N6O5S3/c25-19-8-4-15(10-29-19)14-3-7-17-18(9-14)40-23(31-17)22(13-1-5-16(6-2-13)24(26,27)28)42(37,38)12-21-33-32-20(39-21)11-30-34-41(35)36/h1-10,22,30,34H,11-12H2,(H,35,36)/p-1. The minimum absolute atomic E-state index is 0.0357. The van der Waals surface area contributed by atoms with Crippen LogP contribution in [-0.2, 0) is 39.6 Å². The molecule has 2 aromatic carbocycles. The number of sulfone groups is 1. The lowest BCUT2D eigenvalue weighted by Crippen LogP contribution is -2.32. The summed E-state index contributed by atoms with van der Waals surface area (Å²) in [6.07, 6.45) is -3.28. The summed E-state index contributed by atoms with van der Waals surface area (Å²) in [5, 5.41) is 5.95. The highest BCUT2D eigenvalue weighted by Gasteiger charge is 2.36. The molecule has 5 rings (SSSR count). The van der Waals surface area contributed by atoms with E-state index in [1.165, 1.54) is 18.3 Å². The summed E-state index contributed by atoms with van der Waals surface area (Å²) in [6.45, 7) is -0.243. The van der Waals surface area contributed by atoms with Crippen LogP contribution in [0.4, 0.5) is 17.6 Å². The number of halogens is 4. The van der Waals surface area contributed by atoms with Crippen molar-refractivity contribution >= 4 is 42.7 Å². The summed E-state index contributed by atoms with van der Waals surface area (Å²) >= 11 is -1.59. The van der Waals surface area contributed by atoms with Crippen molar-refractivity contribution < 1.29 is 39.2 Å². The molecule has 2 unspecified atom stereocenters. The average molecular weight is 642 g/mol. The molecule has 3 aromatic heterocycles. The molecule has 0 saturated heterocycles. The van der Waals surface area contributed by atoms with Crippen LogP contribution in [0.15, 0.2) is 65.2 Å². The van der Waals surface area contributed by atoms with Crippen molar-refractivity contribution in [3.05, 3.63) is 94.7 Å². The monoisotopic (exact) mass is 641 g/mol. The molecule has 0 aliphatic heterocycles. The van der Waals surface area contributed by atoms with E-state index in [9.17, 15) is 34.7 Å². The highest BCUT2D eigenvalue weighted by molar-refractivity contribution is 7.91. The second-order valence-electron chi connectivity index (χ2n) is 8.69. The molecule has 3 heterocycles. The number of pyridine rings is 1. The third-order valence-electron chi connectivity index (χ3n) is 5.82. The minimum atomic E-state index is -4.63. The molecule has 5 aromatic rings. The zero-order valence-corrected chi connectivity index (χ0v) is 23.3. The molecule has 220 valence electrons. The first-order chi connectivity index (χ1) is 19.9. The number of hydrogen-bond acceptors (Lipinski definition) is 11. The maximum absolute atomic E-state index is 13.8. The van der Waals surface area contributed by atoms with E-state index < -0.39 is 49.8 Å². The van der Waals surface area contributed by atoms with Gasteiger partial charge in [-0.15, -0.1) is 21.5 Å². The number of nitrogens with one attached hydrogen (secondary N) is 2. The van der Waals surface area contributed by atoms with Crippen molar-refractivity contribution in [3.8, 4) is 11.1 Å². The van der Waals surface area contributed by atoms with Gasteiger partial charge in [0.2, 0.25) is 17.7 Å². The molecule has 18 heteroatoms. The number of fused-ring (bicyclic) bond motifs is 1. The number of benzene rings is 2. The summed E-state index contributed by atoms with van der Waals surface area (Å²) in [5.41, 5.74) is 3.07. The van der Waals surface area contributed by atoms with Crippen molar-refractivity contribution in [2.75, 3.05) is 0 Å². The molecule has 42 heavy (non-hydrogen) atoms. The number of hydrogen-bond donors (Lipinski definition) is 2. The molecule has 0 bridgehead atoms. The topological polar surface area (TPSA) is 163 Å². The van der Waals surface area contributed by atoms with Crippen LogP contribution in [0.1, 0.15) is 33.2 Å². The Hall–Kier alpha value is -3.68. The molecule has 11 nitrogen and oxygen atoms in total. The fraction of sp³-hybridized carbons (Fsp3) is 0.167. The van der Waals surface area contributed by atoms with Gasteiger partial charge in [0.25, 0.3) is 0 Å². The Morgan fingerprint density at radius 1 is 1.02 bits per heavy atom. The van der Waals surface area contributed by atoms with Gasteiger partial charge in [0, 0.05) is 23.0 Å². The predicted octanol–water partition coefficient (Wildman–Crippen LogP) is 3.99. The highest BCUT2D eigenvalue weighted by atomic mass is 32.2. The number of thiazole rings is 1. The molecule has 0 fully saturated rings. The quantitative estimate of drug-likeness (QED) is 0.0987. The fourth-order valence-corrected chi connectivity index (χ4v) is 7.33. The van der Waals surface area contributed by atoms with E-state index >= 15 is 0 Å². The predicted molar refractivity (Wildman–Crippen MR) is 142 cm³/mol. The van der Waals surface area contributed by atoms with E-state index in [0.29, 0.717) is 21.3 Å². The third kappa shape index (κ3) is 6.85. The van der Waals surface area contributed by atoms with E-state index in [4.69, 9.17) is 4.42 Å². The number of nitrogens with zero attached hydrogens (tertiary/aromatic N) is 4. The van der Waals surface area contributed by atoms with Gasteiger partial charge < -0.3 is 8.97 Å². The smallest absolute Gasteiger partial charge is 0.416 e. The average Bonchev–Trinajstić information content (AvgIpc) is 3.54. The first-order valence-corrected chi connectivity index (χ1v) is 15.3. The Kier molecular flexibility index (Phi) is 8.44. The van der Waals surface area contributed by atoms with E-state index in [1.54, 1.807) is 18.2 Å². The van der Waals surface area contributed by atoms with E-state index in [-0.39, 0.29) is 28.9 Å². The van der Waals surface area contributed by atoms with Crippen LogP contribution < -0.4 is 10.3 Å². The fourth-order valence-electron chi connectivity index (χ4n) is 3.98. The largest absolute Gasteiger partial charge is 0.759 e. The minimum Gasteiger partial charge on any atom is -0.759 e. The van der Waals surface area contributed by atoms with Crippen molar-refractivity contribution in [3.63, 3.8) is 0 Å². The first-order valence-electron chi connectivity index (χ1n) is 11.7. The van der Waals surface area contributed by atoms with Crippen molar-refractivity contribution in [1.82, 2.24) is 30.4 Å². The van der Waals surface area contributed by atoms with E-state index in [0.717, 1.165) is 35.6 Å². The van der Waals surface area contributed by atoms with Gasteiger partial charge in [0.1, 0.15) is 16.0 Å². The van der Waals surface area contributed by atoms with Gasteiger partial charge in [-0.1, -0.05) is 18.2 Å². The number of rotatable bonds is 10. The zero-order valence-electron chi connectivity index (χ0n) is 20.8. The zero-order chi connectivity index (χ0) is 30.1. The lowest BCUT2D eigenvalue weighted by molar-refractivity contribution is -0.137. The van der Waals surface area contributed by atoms with Crippen molar-refractivity contribution in [2.45, 2.75) is 23.7 Å². The SMILES string of the molecule is O=S([O-])NNCc1nnc(CS(=O)(=O)C(c2ccc(C(F)(F)F)cc2)c2nc3ccc(-c4ccc(F)nc4)cc3s2)o1. The molecule has 0 amide bonds. The van der Waals surface area contributed by atoms with Gasteiger partial charge in [-0.25, -0.2) is 23.8 Å². The molecular weight excluding hydrogens is 624 g/mol. The van der Waals surface area contributed by atoms with Crippen LogP contribution in [0.5, 0.6) is 0 Å². The Morgan fingerprint density at radius 3 is 2.40 bits per heavy atom. The van der Waals surface area contributed by atoms with Crippen LogP contribution >= 0.6 is 11.3 Å². The van der Waals surface area contributed by atoms with Gasteiger partial charge in [0.05, 0.1) is 22.3 Å². The maximum atomic E-state index is 13.8. The van der Waals surface area contributed by atoms with Crippen LogP contribution in [0.3, 0.4) is 0 Å². The van der Waals surface area contributed by atoms with Gasteiger partial charge >= 0.3 is 6.18 Å². The lowest BCUT2D eigenvalue weighted by Gasteiger charge is -2.16. The molecule has 0 aliphatic rings. The van der Waals surface area contributed by atoms with Crippen LogP contribution in [0, 0.1) is 5.95 Å². The Balaban J connectivity index is 1.51. The first kappa shape index (κ1) is 29.8. The van der Waals surface area contributed by atoms with Gasteiger partial charge in [0.15, 0.2) is 9.84 Å². The second-order valence-corrected chi connectivity index (χ2v) is 12.5. The van der Waals surface area contributed by atoms with Crippen LogP contribution in [-0.4, -0.2) is 37.3 Å². The summed E-state index contributed by atoms with van der Waals surface area (Å²) in [6, 6.07) is 11.5. The summed E-state index contributed by atoms with van der Waals surface area (Å²) in [7, 11) is -4.28. The van der Waals surface area contributed by atoms with Crippen LogP contribution in [0.25, 0.3) is 21.3 Å². The Morgan fingerprint density at radius 2 is 1.74 bits per heavy atom. The van der Waals surface area contributed by atoms with Crippen molar-refractivity contribution in [2.24, 2.45) is 0 Å². The molecule has 0 aliphatic carbocycles. The molecule has 0 spiro atoms. The van der Waals surface area contributed by atoms with Gasteiger partial charge in [-0.05, 0) is 47.5 Å². The van der Waals surface area contributed by atoms with Gasteiger partial charge in [-0.3, -0.25) is 4.21 Å². The van der Waals surface area contributed by atoms with E-state index in [2.05, 4.69) is 25.6 Å². The second kappa shape index (κ2) is 11.9. The molecular formula is C24H17F4N6O5S3-.